The average molecular weight is 272 g/mol. The Balaban J connectivity index is 2.38. The van der Waals surface area contributed by atoms with E-state index in [0.717, 1.165) is 0 Å². The van der Waals surface area contributed by atoms with Crippen molar-refractivity contribution in [2.75, 3.05) is 20.4 Å². The number of halogens is 1. The summed E-state index contributed by atoms with van der Waals surface area (Å²) in [5.74, 6) is 1.29. The molecule has 1 aromatic carbocycles. The molecule has 15 heavy (non-hydrogen) atoms. The van der Waals surface area contributed by atoms with E-state index >= 15 is 0 Å². The zero-order valence-corrected chi connectivity index (χ0v) is 9.76. The molecule has 0 bridgehead atoms. The molecule has 0 saturated heterocycles. The third kappa shape index (κ3) is 1.85. The number of hydrogen-bond acceptors (Lipinski definition) is 4. The van der Waals surface area contributed by atoms with Crippen LogP contribution in [0, 0.1) is 0 Å². The molecular weight excluding hydrogens is 262 g/mol. The third-order valence-electron chi connectivity index (χ3n) is 2.12. The van der Waals surface area contributed by atoms with Crippen LogP contribution in [-0.4, -0.2) is 26.2 Å². The molecule has 1 N–H and O–H groups in total. The lowest BCUT2D eigenvalue weighted by molar-refractivity contribution is 0.0992. The number of benzene rings is 1. The second-order valence-electron chi connectivity index (χ2n) is 3.11. The molecule has 0 amide bonds. The molecular formula is C10H10BrNO3. The quantitative estimate of drug-likeness (QED) is 0.849. The lowest BCUT2D eigenvalue weighted by Gasteiger charge is -2.05. The number of likely N-dealkylation sites (N-methyl/N-ethyl adjacent to an activating group) is 1. The first-order valence-corrected chi connectivity index (χ1v) is 5.29. The molecule has 1 aromatic rings. The van der Waals surface area contributed by atoms with Crippen molar-refractivity contribution >= 4 is 21.7 Å². The van der Waals surface area contributed by atoms with Gasteiger partial charge in [0.15, 0.2) is 17.3 Å². The van der Waals surface area contributed by atoms with Crippen LogP contribution < -0.4 is 14.8 Å². The van der Waals surface area contributed by atoms with E-state index < -0.39 is 0 Å². The standard InChI is InChI=1S/C10H10BrNO3/c1-12-4-7(13)6-2-3-8-10(9(6)11)15-5-14-8/h2-3,12H,4-5H2,1H3. The minimum absolute atomic E-state index is 0.0164. The van der Waals surface area contributed by atoms with Crippen LogP contribution in [0.4, 0.5) is 0 Å². The van der Waals surface area contributed by atoms with Crippen molar-refractivity contribution in [2.24, 2.45) is 0 Å². The Morgan fingerprint density at radius 2 is 2.33 bits per heavy atom. The summed E-state index contributed by atoms with van der Waals surface area (Å²) in [5, 5.41) is 2.82. The molecule has 2 rings (SSSR count). The van der Waals surface area contributed by atoms with Crippen LogP contribution in [0.3, 0.4) is 0 Å². The fourth-order valence-corrected chi connectivity index (χ4v) is 2.07. The van der Waals surface area contributed by atoms with Gasteiger partial charge in [0.05, 0.1) is 11.0 Å². The summed E-state index contributed by atoms with van der Waals surface area (Å²) >= 11 is 3.35. The van der Waals surface area contributed by atoms with E-state index in [1.807, 2.05) is 0 Å². The van der Waals surface area contributed by atoms with Crippen molar-refractivity contribution < 1.29 is 14.3 Å². The van der Waals surface area contributed by atoms with Crippen LogP contribution in [0.15, 0.2) is 16.6 Å². The molecule has 0 spiro atoms. The molecule has 80 valence electrons. The maximum atomic E-state index is 11.7. The molecule has 0 aliphatic carbocycles. The first kappa shape index (κ1) is 10.4. The molecule has 0 fully saturated rings. The van der Waals surface area contributed by atoms with Crippen LogP contribution >= 0.6 is 15.9 Å². The predicted octanol–water partition coefficient (Wildman–Crippen LogP) is 1.58. The monoisotopic (exact) mass is 271 g/mol. The van der Waals surface area contributed by atoms with Gasteiger partial charge >= 0.3 is 0 Å². The molecule has 0 radical (unpaired) electrons. The van der Waals surface area contributed by atoms with Gasteiger partial charge in [-0.3, -0.25) is 4.79 Å². The van der Waals surface area contributed by atoms with Crippen LogP contribution in [0.1, 0.15) is 10.4 Å². The summed E-state index contributed by atoms with van der Waals surface area (Å²) in [5.41, 5.74) is 0.605. The van der Waals surface area contributed by atoms with Gasteiger partial charge in [0.2, 0.25) is 6.79 Å². The Kier molecular flexibility index (Phi) is 2.93. The molecule has 1 aliphatic heterocycles. The Hall–Kier alpha value is -1.07. The molecule has 0 aromatic heterocycles. The highest BCUT2D eigenvalue weighted by molar-refractivity contribution is 9.10. The first-order chi connectivity index (χ1) is 7.24. The minimum Gasteiger partial charge on any atom is -0.454 e. The molecule has 0 atom stereocenters. The number of carbonyl (C=O) groups is 1. The van der Waals surface area contributed by atoms with Gasteiger partial charge in [0.1, 0.15) is 0 Å². The molecule has 0 unspecified atom stereocenters. The summed E-state index contributed by atoms with van der Waals surface area (Å²) in [7, 11) is 1.73. The van der Waals surface area contributed by atoms with Gasteiger partial charge in [0, 0.05) is 5.56 Å². The van der Waals surface area contributed by atoms with Crippen molar-refractivity contribution in [2.45, 2.75) is 0 Å². The first-order valence-electron chi connectivity index (χ1n) is 4.50. The van der Waals surface area contributed by atoms with Gasteiger partial charge in [-0.1, -0.05) is 0 Å². The maximum Gasteiger partial charge on any atom is 0.231 e. The molecule has 1 heterocycles. The molecule has 5 heteroatoms. The van der Waals surface area contributed by atoms with Gasteiger partial charge in [-0.25, -0.2) is 0 Å². The zero-order chi connectivity index (χ0) is 10.8. The number of rotatable bonds is 3. The molecule has 1 aliphatic rings. The summed E-state index contributed by atoms with van der Waals surface area (Å²) < 4.78 is 11.1. The van der Waals surface area contributed by atoms with Gasteiger partial charge in [-0.05, 0) is 35.1 Å². The van der Waals surface area contributed by atoms with Crippen molar-refractivity contribution in [3.05, 3.63) is 22.2 Å². The van der Waals surface area contributed by atoms with E-state index in [-0.39, 0.29) is 12.6 Å². The van der Waals surface area contributed by atoms with Crippen molar-refractivity contribution in [1.82, 2.24) is 5.32 Å². The number of ketones is 1. The normalized spacial score (nSPS) is 12.9. The van der Waals surface area contributed by atoms with E-state index in [1.54, 1.807) is 19.2 Å². The summed E-state index contributed by atoms with van der Waals surface area (Å²) in [4.78, 5) is 11.7. The van der Waals surface area contributed by atoms with Crippen LogP contribution in [0.25, 0.3) is 0 Å². The Labute approximate surface area is 95.7 Å². The number of hydrogen-bond donors (Lipinski definition) is 1. The summed E-state index contributed by atoms with van der Waals surface area (Å²) in [6, 6.07) is 3.48. The molecule has 0 saturated carbocycles. The van der Waals surface area contributed by atoms with Gasteiger partial charge in [0.25, 0.3) is 0 Å². The fraction of sp³-hybridized carbons (Fsp3) is 0.300. The highest BCUT2D eigenvalue weighted by atomic mass is 79.9. The SMILES string of the molecule is CNCC(=O)c1ccc2c(c1Br)OCO2. The van der Waals surface area contributed by atoms with Gasteiger partial charge in [-0.15, -0.1) is 0 Å². The van der Waals surface area contributed by atoms with E-state index in [2.05, 4.69) is 21.2 Å². The minimum atomic E-state index is 0.0164. The average Bonchev–Trinajstić information content (AvgIpc) is 2.67. The van der Waals surface area contributed by atoms with E-state index in [1.165, 1.54) is 0 Å². The number of ether oxygens (including phenoxy) is 2. The van der Waals surface area contributed by atoms with Crippen LogP contribution in [0.5, 0.6) is 11.5 Å². The van der Waals surface area contributed by atoms with E-state index in [4.69, 9.17) is 9.47 Å². The fourth-order valence-electron chi connectivity index (χ4n) is 1.41. The smallest absolute Gasteiger partial charge is 0.231 e. The lowest BCUT2D eigenvalue weighted by atomic mass is 10.1. The van der Waals surface area contributed by atoms with E-state index in [9.17, 15) is 4.79 Å². The number of nitrogens with one attached hydrogen (secondary N) is 1. The second kappa shape index (κ2) is 4.20. The summed E-state index contributed by atoms with van der Waals surface area (Å²) in [6.07, 6.45) is 0. The number of carbonyl (C=O) groups excluding carboxylic acids is 1. The highest BCUT2D eigenvalue weighted by Gasteiger charge is 2.21. The van der Waals surface area contributed by atoms with Gasteiger partial charge in [-0.2, -0.15) is 0 Å². The Morgan fingerprint density at radius 1 is 1.53 bits per heavy atom. The van der Waals surface area contributed by atoms with Crippen LogP contribution in [-0.2, 0) is 0 Å². The molecule has 4 nitrogen and oxygen atoms in total. The van der Waals surface area contributed by atoms with Crippen molar-refractivity contribution in [3.8, 4) is 11.5 Å². The van der Waals surface area contributed by atoms with E-state index in [0.29, 0.717) is 28.1 Å². The van der Waals surface area contributed by atoms with Crippen LogP contribution in [0.2, 0.25) is 0 Å². The predicted molar refractivity (Wildman–Crippen MR) is 58.5 cm³/mol. The third-order valence-corrected chi connectivity index (χ3v) is 2.90. The van der Waals surface area contributed by atoms with Gasteiger partial charge < -0.3 is 14.8 Å². The largest absolute Gasteiger partial charge is 0.454 e. The highest BCUT2D eigenvalue weighted by Crippen LogP contribution is 2.40. The Bertz CT molecular complexity index is 406. The number of fused-ring (bicyclic) bond motifs is 1. The summed E-state index contributed by atoms with van der Waals surface area (Å²) in [6.45, 7) is 0.510. The van der Waals surface area contributed by atoms with Crippen molar-refractivity contribution in [1.29, 1.82) is 0 Å². The maximum absolute atomic E-state index is 11.7. The topological polar surface area (TPSA) is 47.6 Å². The van der Waals surface area contributed by atoms with Crippen molar-refractivity contribution in [3.63, 3.8) is 0 Å². The number of Topliss-reactive ketones (excluding diaryl/α,β-unsaturated/α-hetero) is 1. The zero-order valence-electron chi connectivity index (χ0n) is 8.17. The Morgan fingerprint density at radius 3 is 3.07 bits per heavy atom. The second-order valence-corrected chi connectivity index (χ2v) is 3.91. The lowest BCUT2D eigenvalue weighted by Crippen LogP contribution is -2.18.